The van der Waals surface area contributed by atoms with E-state index in [1.165, 1.54) is 0 Å². The van der Waals surface area contributed by atoms with E-state index in [1.54, 1.807) is 0 Å². The Morgan fingerprint density at radius 2 is 0.800 bits per heavy atom. The fourth-order valence-corrected chi connectivity index (χ4v) is 0. The van der Waals surface area contributed by atoms with E-state index in [0.29, 0.717) is 0 Å². The van der Waals surface area contributed by atoms with E-state index in [4.69, 9.17) is 0 Å². The maximum atomic E-state index is 3.94. The zero-order chi connectivity index (χ0) is 4.00. The van der Waals surface area contributed by atoms with Crippen molar-refractivity contribution < 1.29 is 83.8 Å². The molecule has 0 saturated carbocycles. The van der Waals surface area contributed by atoms with Crippen LogP contribution in [0.25, 0.3) is 0 Å². The van der Waals surface area contributed by atoms with Gasteiger partial charge in [0.25, 0.3) is 0 Å². The Hall–Kier alpha value is 3.83. The number of thiol groups is 1. The van der Waals surface area contributed by atoms with Gasteiger partial charge in [0.15, 0.2) is 0 Å². The fraction of sp³-hybridized carbons (Fsp3) is 0. The van der Waals surface area contributed by atoms with Crippen LogP contribution in [-0.4, -0.2) is 0 Å². The number of hydrogen-bond donors (Lipinski definition) is 0. The molecule has 0 saturated heterocycles. The molecule has 0 fully saturated rings. The predicted molar refractivity (Wildman–Crippen MR) is 23.9 cm³/mol. The van der Waals surface area contributed by atoms with E-state index < -0.39 is 0 Å². The summed E-state index contributed by atoms with van der Waals surface area (Å²) in [6.07, 6.45) is 0. The zero-order valence-corrected chi connectivity index (χ0v) is 7.76. The van der Waals surface area contributed by atoms with Crippen molar-refractivity contribution in [2.75, 3.05) is 0 Å². The molecule has 0 rings (SSSR count). The first-order chi connectivity index (χ1) is 2.00. The summed E-state index contributed by atoms with van der Waals surface area (Å²) >= 11 is 4.56. The third-order valence-electron chi connectivity index (χ3n) is 0. The fourth-order valence-electron chi connectivity index (χ4n) is 0. The Bertz CT molecular complexity index is 6.85. The summed E-state index contributed by atoms with van der Waals surface area (Å²) in [7, 11) is 0. The third-order valence-corrected chi connectivity index (χ3v) is 0. The molecule has 0 bridgehead atoms. The van der Waals surface area contributed by atoms with E-state index >= 15 is 0 Å². The van der Waals surface area contributed by atoms with Crippen LogP contribution in [0.15, 0.2) is 0 Å². The second-order valence-corrected chi connectivity index (χ2v) is 0. The summed E-state index contributed by atoms with van der Waals surface area (Å²) in [6.45, 7) is 0. The Morgan fingerprint density at radius 3 is 0.800 bits per heavy atom. The summed E-state index contributed by atoms with van der Waals surface area (Å²) in [4.78, 5) is 0. The Kier molecular flexibility index (Phi) is 79.3. The van der Waals surface area contributed by atoms with Gasteiger partial charge in [0, 0.05) is 0 Å². The Labute approximate surface area is 103 Å². The van der Waals surface area contributed by atoms with Gasteiger partial charge >= 0.3 is 93.3 Å². The van der Waals surface area contributed by atoms with Crippen molar-refractivity contribution in [3.63, 3.8) is 0 Å². The molecule has 0 radical (unpaired) electrons. The molecule has 0 unspecified atom stereocenters. The van der Waals surface area contributed by atoms with Crippen LogP contribution in [0.4, 0.5) is 0 Å². The van der Waals surface area contributed by atoms with Crippen LogP contribution >= 0.6 is 9.51 Å². The molecule has 0 aliphatic rings. The molecule has 0 aromatic rings. The molecule has 0 aliphatic heterocycles. The quantitative estimate of drug-likeness (QED) is 0.406. The van der Waals surface area contributed by atoms with Gasteiger partial charge in [0.05, 0.1) is 0 Å². The molecule has 0 atom stereocenters. The van der Waals surface area contributed by atoms with E-state index in [0.717, 1.165) is 0 Å². The molecule has 0 spiro atoms. The zero-order valence-electron chi connectivity index (χ0n) is 1.80. The van der Waals surface area contributed by atoms with Crippen molar-refractivity contribution >= 4 is 23.0 Å². The van der Waals surface area contributed by atoms with Gasteiger partial charge in [-0.1, -0.05) is 0 Å². The normalized spacial score (nSPS) is 2.40. The monoisotopic (exact) mass is 445 g/mol. The molecular formula is HS3Yb2-. The molecule has 0 N–H and O–H groups in total. The molecule has 0 amide bonds. The first-order valence-electron chi connectivity index (χ1n) is 0.218. The van der Waals surface area contributed by atoms with Crippen LogP contribution in [0.5, 0.6) is 0 Å². The summed E-state index contributed by atoms with van der Waals surface area (Å²) in [5.41, 5.74) is 0. The van der Waals surface area contributed by atoms with Crippen LogP contribution in [0.1, 0.15) is 0 Å². The SMILES string of the molecule is [SH-].[S]=[Yb].[S]=[Yb]. The predicted octanol–water partition coefficient (Wildman–Crippen LogP) is 1.03. The van der Waals surface area contributed by atoms with E-state index in [1.807, 2.05) is 0 Å². The van der Waals surface area contributed by atoms with E-state index in [2.05, 4.69) is 93.3 Å². The first-order valence-corrected chi connectivity index (χ1v) is 4.86. The van der Waals surface area contributed by atoms with Gasteiger partial charge in [-0.15, -0.1) is 0 Å². The average molecular weight is 443 g/mol. The standard InChI is InChI=1S/H2S.2S.2Yb/h1H2;;;;/p-1. The van der Waals surface area contributed by atoms with Crippen molar-refractivity contribution in [2.24, 2.45) is 0 Å². The molecular weight excluding hydrogens is 442 g/mol. The minimum atomic E-state index is 0. The van der Waals surface area contributed by atoms with Gasteiger partial charge in [-0.2, -0.15) is 0 Å². The topological polar surface area (TPSA) is 0 Å². The Balaban J connectivity index is -0.0000000133. The molecule has 0 aromatic carbocycles. The molecule has 0 nitrogen and oxygen atoms in total. The molecule has 0 aliphatic carbocycles. The molecule has 0 aromatic heterocycles. The van der Waals surface area contributed by atoms with Gasteiger partial charge in [-0.05, 0) is 0 Å². The second kappa shape index (κ2) is 24.9. The van der Waals surface area contributed by atoms with Crippen molar-refractivity contribution in [2.45, 2.75) is 0 Å². The van der Waals surface area contributed by atoms with E-state index in [9.17, 15) is 0 Å². The summed E-state index contributed by atoms with van der Waals surface area (Å²) in [6, 6.07) is 0. The Morgan fingerprint density at radius 1 is 0.800 bits per heavy atom. The van der Waals surface area contributed by atoms with Crippen LogP contribution in [0, 0.1) is 83.8 Å². The van der Waals surface area contributed by atoms with Crippen molar-refractivity contribution in [1.29, 1.82) is 0 Å². The van der Waals surface area contributed by atoms with Crippen molar-refractivity contribution in [1.82, 2.24) is 0 Å². The summed E-state index contributed by atoms with van der Waals surface area (Å²) in [5.74, 6) is 0. The minimum absolute atomic E-state index is 0. The third kappa shape index (κ3) is 18.1. The van der Waals surface area contributed by atoms with Gasteiger partial charge in [-0.3, -0.25) is 0 Å². The summed E-state index contributed by atoms with van der Waals surface area (Å²) in [5, 5.41) is 0. The molecule has 5 heteroatoms. The molecule has 0 heterocycles. The second-order valence-electron chi connectivity index (χ2n) is 0. The van der Waals surface area contributed by atoms with Gasteiger partial charge in [0.1, 0.15) is 0 Å². The summed E-state index contributed by atoms with van der Waals surface area (Å²) < 4.78 is 7.89. The van der Waals surface area contributed by atoms with Crippen molar-refractivity contribution in [3.05, 3.63) is 0 Å². The maximum absolute atomic E-state index is 3.94. The van der Waals surface area contributed by atoms with E-state index in [-0.39, 0.29) is 13.5 Å². The average Bonchev–Trinajstić information content (AvgIpc) is 1.50. The number of hydrogen-bond acceptors (Lipinski definition) is 3. The molecule has 5 heavy (non-hydrogen) atoms. The van der Waals surface area contributed by atoms with Crippen LogP contribution in [0.2, 0.25) is 0 Å². The van der Waals surface area contributed by atoms with Gasteiger partial charge < -0.3 is 13.5 Å². The van der Waals surface area contributed by atoms with Crippen molar-refractivity contribution in [3.8, 4) is 0 Å². The van der Waals surface area contributed by atoms with Gasteiger partial charge in [-0.25, -0.2) is 0 Å². The molecule has 48 valence electrons. The van der Waals surface area contributed by atoms with Crippen LogP contribution < -0.4 is 0 Å². The van der Waals surface area contributed by atoms with Crippen LogP contribution in [-0.2, 0) is 13.5 Å². The number of rotatable bonds is 0. The first kappa shape index (κ1) is 15.9. The van der Waals surface area contributed by atoms with Gasteiger partial charge in [0.2, 0.25) is 0 Å². The van der Waals surface area contributed by atoms with Crippen LogP contribution in [0.3, 0.4) is 0 Å².